The third-order valence-electron chi connectivity index (χ3n) is 5.41. The molecule has 0 unspecified atom stereocenters. The van der Waals surface area contributed by atoms with Crippen molar-refractivity contribution in [1.82, 2.24) is 20.0 Å². The Morgan fingerprint density at radius 1 is 0.700 bits per heavy atom. The van der Waals surface area contributed by atoms with E-state index in [0.29, 0.717) is 0 Å². The number of rotatable bonds is 18. The predicted molar refractivity (Wildman–Crippen MR) is 139 cm³/mol. The Morgan fingerprint density at radius 3 is 1.25 bits per heavy atom. The van der Waals surface area contributed by atoms with Crippen molar-refractivity contribution in [3.63, 3.8) is 0 Å². The van der Waals surface area contributed by atoms with Gasteiger partial charge in [0.1, 0.15) is 0 Å². The number of amides is 2. The molecule has 0 aromatic rings. The molecule has 3 N–H and O–H groups in total. The van der Waals surface area contributed by atoms with Gasteiger partial charge in [0.15, 0.2) is 0 Å². The summed E-state index contributed by atoms with van der Waals surface area (Å²) in [5.74, 6) is -4.24. The van der Waals surface area contributed by atoms with Gasteiger partial charge in [-0.3, -0.25) is 0 Å². The number of hydrogen-bond acceptors (Lipinski definition) is 8. The molecule has 0 aliphatic carbocycles. The van der Waals surface area contributed by atoms with E-state index >= 15 is 0 Å². The molecule has 2 amide bonds. The fourth-order valence-corrected chi connectivity index (χ4v) is 8.02. The molecule has 10 nitrogen and oxygen atoms in total. The second kappa shape index (κ2) is 17.0. The van der Waals surface area contributed by atoms with Crippen LogP contribution in [-0.4, -0.2) is 108 Å². The molecular weight excluding hydrogens is 573 g/mol. The van der Waals surface area contributed by atoms with E-state index in [1.165, 1.54) is 0 Å². The Morgan fingerprint density at radius 2 is 1.00 bits per heavy atom. The molecule has 0 atom stereocenters. The van der Waals surface area contributed by atoms with E-state index in [1.54, 1.807) is 10.6 Å². The number of hydrogen-bond donors (Lipinski definition) is 3. The molecule has 0 fully saturated rings. The molecule has 0 rings (SSSR count). The molecule has 0 spiro atoms. The first kappa shape index (κ1) is 38.7. The molecule has 0 aromatic carbocycles. The van der Waals surface area contributed by atoms with E-state index in [4.69, 9.17) is 14.0 Å². The van der Waals surface area contributed by atoms with E-state index < -0.39 is 51.4 Å². The zero-order valence-corrected chi connectivity index (χ0v) is 25.3. The second-order valence-electron chi connectivity index (χ2n) is 10.2. The predicted octanol–water partition coefficient (Wildman–Crippen LogP) is 3.40. The van der Waals surface area contributed by atoms with Gasteiger partial charge in [0.05, 0.1) is 0 Å². The quantitative estimate of drug-likeness (QED) is 0.122. The average molecular weight is 619 g/mol. The zero-order chi connectivity index (χ0) is 31.5. The zero-order valence-electron chi connectivity index (χ0n) is 24.3. The maximum absolute atomic E-state index is 12.4. The monoisotopic (exact) mass is 618 g/mol. The van der Waals surface area contributed by atoms with Crippen LogP contribution in [0.4, 0.5) is 26.3 Å². The van der Waals surface area contributed by atoms with Crippen molar-refractivity contribution in [2.24, 2.45) is 0 Å². The van der Waals surface area contributed by atoms with Crippen molar-refractivity contribution in [2.75, 3.05) is 39.5 Å². The van der Waals surface area contributed by atoms with Crippen LogP contribution in [0.3, 0.4) is 0 Å². The molecule has 0 aliphatic heterocycles. The Bertz CT molecular complexity index is 699. The molecule has 0 saturated heterocycles. The Kier molecular flexibility index (Phi) is 16.4. The Hall–Kier alpha value is -1.29. The molecule has 240 valence electrons. The van der Waals surface area contributed by atoms with Crippen LogP contribution in [-0.2, 0) is 23.6 Å². The van der Waals surface area contributed by atoms with E-state index in [0.717, 1.165) is 0 Å². The van der Waals surface area contributed by atoms with Crippen molar-refractivity contribution < 1.29 is 54.8 Å². The molecule has 17 heteroatoms. The number of ether oxygens (including phenoxy) is 2. The van der Waals surface area contributed by atoms with Crippen molar-refractivity contribution in [1.29, 1.82) is 0 Å². The molecule has 40 heavy (non-hydrogen) atoms. The number of carbonyl (C=O) groups excluding carboxylic acids is 2. The van der Waals surface area contributed by atoms with Crippen LogP contribution >= 0.6 is 8.02 Å². The summed E-state index contributed by atoms with van der Waals surface area (Å²) < 4.78 is 95.2. The number of nitrogens with zero attached hydrogens (tertiary/aromatic N) is 2. The summed E-state index contributed by atoms with van der Waals surface area (Å²) >= 11 is 0. The van der Waals surface area contributed by atoms with Crippen LogP contribution in [0.2, 0.25) is 0 Å². The van der Waals surface area contributed by atoms with Gasteiger partial charge >= 0.3 is 232 Å². The van der Waals surface area contributed by atoms with Crippen LogP contribution < -0.4 is 10.6 Å². The normalized spacial score (nSPS) is 13.9. The molecule has 0 aromatic heterocycles. The second-order valence-corrected chi connectivity index (χ2v) is 12.6. The van der Waals surface area contributed by atoms with Gasteiger partial charge in [0, 0.05) is 0 Å². The number of nitrogens with one attached hydrogen (secondary N) is 2. The van der Waals surface area contributed by atoms with Gasteiger partial charge in [-0.2, -0.15) is 0 Å². The topological polar surface area (TPSA) is 113 Å². The fraction of sp³-hybridized carbons (Fsp3) is 0.913. The summed E-state index contributed by atoms with van der Waals surface area (Å²) in [4.78, 5) is 34.2. The van der Waals surface area contributed by atoms with Crippen molar-refractivity contribution in [3.05, 3.63) is 0 Å². The average Bonchev–Trinajstić information content (AvgIpc) is 2.75. The first-order chi connectivity index (χ1) is 18.2. The van der Waals surface area contributed by atoms with E-state index in [-0.39, 0.29) is 50.6 Å². The SMILES string of the molecule is CC(C)N(C(C)C)[PH](O)(OC(COCCNC(=O)C(F)(F)F)COCCNC(=O)C(F)(F)F)N(C(C)C)C(C)C. The Labute approximate surface area is 232 Å². The van der Waals surface area contributed by atoms with Gasteiger partial charge in [-0.05, 0) is 0 Å². The summed E-state index contributed by atoms with van der Waals surface area (Å²) in [5, 5.41) is 3.35. The van der Waals surface area contributed by atoms with Crippen molar-refractivity contribution in [3.8, 4) is 0 Å². The molecular formula is C23H45F6N4O6P. The van der Waals surface area contributed by atoms with E-state index in [9.17, 15) is 40.8 Å². The van der Waals surface area contributed by atoms with Gasteiger partial charge in [0.2, 0.25) is 0 Å². The standard InChI is InChI=1S/C23H45F6N4O6P/c1-15(2)32(16(3)4)40(36,33(17(5)6)18(7)8)39-19(13-37-11-9-30-20(34)22(24,25)26)14-38-12-10-31-21(35)23(27,28)29/h15-19,36,40H,9-14H2,1-8H3,(H,30,34)(H,31,35). The summed E-state index contributed by atoms with van der Waals surface area (Å²) in [7, 11) is -3.98. The number of alkyl halides is 6. The summed E-state index contributed by atoms with van der Waals surface area (Å²) in [6.45, 7) is 13.0. The summed E-state index contributed by atoms with van der Waals surface area (Å²) in [6.07, 6.45) is -11.1. The number of halogens is 6. The summed E-state index contributed by atoms with van der Waals surface area (Å²) in [5.41, 5.74) is 0. The van der Waals surface area contributed by atoms with Gasteiger partial charge in [-0.25, -0.2) is 0 Å². The van der Waals surface area contributed by atoms with Gasteiger partial charge in [0.25, 0.3) is 0 Å². The fourth-order valence-electron chi connectivity index (χ4n) is 4.24. The van der Waals surface area contributed by atoms with Crippen LogP contribution in [0.5, 0.6) is 0 Å². The molecule has 0 aliphatic rings. The number of carbonyl (C=O) groups is 2. The van der Waals surface area contributed by atoms with E-state index in [2.05, 4.69) is 0 Å². The molecule has 0 bridgehead atoms. The van der Waals surface area contributed by atoms with Gasteiger partial charge < -0.3 is 0 Å². The maximum atomic E-state index is 12.4. The first-order valence-corrected chi connectivity index (χ1v) is 14.7. The van der Waals surface area contributed by atoms with Crippen LogP contribution in [0, 0.1) is 0 Å². The van der Waals surface area contributed by atoms with Crippen LogP contribution in [0.15, 0.2) is 0 Å². The van der Waals surface area contributed by atoms with Crippen molar-refractivity contribution >= 4 is 19.8 Å². The molecule has 0 saturated carbocycles. The minimum absolute atomic E-state index is 0.172. The summed E-state index contributed by atoms with van der Waals surface area (Å²) in [6, 6.07) is -0.688. The third kappa shape index (κ3) is 13.1. The first-order valence-electron chi connectivity index (χ1n) is 13.0. The molecule has 0 heterocycles. The molecule has 0 radical (unpaired) electrons. The third-order valence-corrected chi connectivity index (χ3v) is 9.47. The van der Waals surface area contributed by atoms with Crippen molar-refractivity contribution in [2.45, 2.75) is 98.0 Å². The van der Waals surface area contributed by atoms with Gasteiger partial charge in [-0.15, -0.1) is 0 Å². The van der Waals surface area contributed by atoms with E-state index in [1.807, 2.05) is 64.7 Å². The minimum atomic E-state index is -5.04. The van der Waals surface area contributed by atoms with Crippen LogP contribution in [0.1, 0.15) is 55.4 Å². The Balaban J connectivity index is 5.75. The van der Waals surface area contributed by atoms with Crippen LogP contribution in [0.25, 0.3) is 0 Å². The van der Waals surface area contributed by atoms with Gasteiger partial charge in [-0.1, -0.05) is 0 Å².